The molecule has 3 N–H and O–H groups in total. The zero-order valence-corrected chi connectivity index (χ0v) is 13.9. The molecule has 6 nitrogen and oxygen atoms in total. The van der Waals surface area contributed by atoms with Crippen molar-refractivity contribution in [1.82, 2.24) is 15.5 Å². The Morgan fingerprint density at radius 2 is 1.74 bits per heavy atom. The molecule has 0 spiro atoms. The zero-order chi connectivity index (χ0) is 16.7. The molecule has 0 bridgehead atoms. The molecule has 1 aromatic heterocycles. The van der Waals surface area contributed by atoms with Crippen molar-refractivity contribution in [3.8, 4) is 0 Å². The van der Waals surface area contributed by atoms with E-state index in [0.29, 0.717) is 11.6 Å². The summed E-state index contributed by atoms with van der Waals surface area (Å²) >= 11 is 5.85. The number of benzene rings is 1. The van der Waals surface area contributed by atoms with Gasteiger partial charge in [-0.05, 0) is 50.1 Å². The van der Waals surface area contributed by atoms with Crippen molar-refractivity contribution in [3.05, 3.63) is 47.0 Å². The van der Waals surface area contributed by atoms with Crippen molar-refractivity contribution < 1.29 is 4.79 Å². The third-order valence-corrected chi connectivity index (χ3v) is 3.21. The van der Waals surface area contributed by atoms with Gasteiger partial charge in [-0.3, -0.25) is 5.32 Å². The van der Waals surface area contributed by atoms with Gasteiger partial charge in [-0.15, -0.1) is 10.2 Å². The Bertz CT molecular complexity index is 628. The van der Waals surface area contributed by atoms with Gasteiger partial charge in [0, 0.05) is 17.6 Å². The van der Waals surface area contributed by atoms with Crippen LogP contribution in [0.2, 0.25) is 5.02 Å². The lowest BCUT2D eigenvalue weighted by Gasteiger charge is -2.09. The molecule has 0 unspecified atom stereocenters. The Hall–Kier alpha value is -2.34. The number of hydrogen-bond acceptors (Lipinski definition) is 4. The number of anilines is 2. The van der Waals surface area contributed by atoms with Crippen molar-refractivity contribution in [2.45, 2.75) is 26.3 Å². The highest BCUT2D eigenvalue weighted by Crippen LogP contribution is 2.10. The lowest BCUT2D eigenvalue weighted by atomic mass is 10.1. The molecule has 23 heavy (non-hydrogen) atoms. The van der Waals surface area contributed by atoms with E-state index in [4.69, 9.17) is 11.6 Å². The predicted octanol–water partition coefficient (Wildman–Crippen LogP) is 3.31. The summed E-state index contributed by atoms with van der Waals surface area (Å²) in [5.74, 6) is 1.07. The molecule has 122 valence electrons. The fourth-order valence-corrected chi connectivity index (χ4v) is 2.02. The largest absolute Gasteiger partial charge is 0.368 e. The van der Waals surface area contributed by atoms with E-state index in [0.717, 1.165) is 18.0 Å². The van der Waals surface area contributed by atoms with Gasteiger partial charge < -0.3 is 10.6 Å². The van der Waals surface area contributed by atoms with Crippen molar-refractivity contribution in [2.24, 2.45) is 0 Å². The molecule has 1 aromatic carbocycles. The van der Waals surface area contributed by atoms with Gasteiger partial charge in [0.15, 0.2) is 5.82 Å². The van der Waals surface area contributed by atoms with E-state index < -0.39 is 0 Å². The summed E-state index contributed by atoms with van der Waals surface area (Å²) in [6.07, 6.45) is 0.857. The topological polar surface area (TPSA) is 78.9 Å². The average molecular weight is 334 g/mol. The van der Waals surface area contributed by atoms with Crippen LogP contribution in [-0.4, -0.2) is 28.8 Å². The first-order valence-electron chi connectivity index (χ1n) is 7.42. The molecule has 2 rings (SSSR count). The molecule has 2 amide bonds. The Balaban J connectivity index is 1.78. The van der Waals surface area contributed by atoms with E-state index in [1.54, 1.807) is 12.1 Å². The van der Waals surface area contributed by atoms with Gasteiger partial charge in [0.25, 0.3) is 0 Å². The number of carbonyl (C=O) groups is 1. The monoisotopic (exact) mass is 333 g/mol. The molecule has 0 aliphatic heterocycles. The van der Waals surface area contributed by atoms with E-state index in [9.17, 15) is 4.79 Å². The molecule has 0 aliphatic rings. The summed E-state index contributed by atoms with van der Waals surface area (Å²) in [6, 6.07) is 11.0. The van der Waals surface area contributed by atoms with Gasteiger partial charge in [-0.1, -0.05) is 23.7 Å². The summed E-state index contributed by atoms with van der Waals surface area (Å²) in [5, 5.41) is 17.3. The average Bonchev–Trinajstić information content (AvgIpc) is 2.50. The number of amides is 2. The minimum Gasteiger partial charge on any atom is -0.368 e. The van der Waals surface area contributed by atoms with E-state index in [1.807, 2.05) is 38.1 Å². The second-order valence-electron chi connectivity index (χ2n) is 5.36. The number of urea groups is 1. The highest BCUT2D eigenvalue weighted by molar-refractivity contribution is 6.30. The number of hydrogen-bond donors (Lipinski definition) is 3. The SMILES string of the molecule is CC(C)NC(=O)Nc1ccc(NCCc2ccc(Cl)cc2)nn1. The fraction of sp³-hybridized carbons (Fsp3) is 0.312. The van der Waals surface area contributed by atoms with Crippen molar-refractivity contribution in [3.63, 3.8) is 0 Å². The first-order chi connectivity index (χ1) is 11.0. The summed E-state index contributed by atoms with van der Waals surface area (Å²) in [7, 11) is 0. The van der Waals surface area contributed by atoms with Crippen molar-refractivity contribution in [1.29, 1.82) is 0 Å². The highest BCUT2D eigenvalue weighted by atomic mass is 35.5. The zero-order valence-electron chi connectivity index (χ0n) is 13.1. The summed E-state index contributed by atoms with van der Waals surface area (Å²) in [4.78, 5) is 11.5. The van der Waals surface area contributed by atoms with Gasteiger partial charge in [-0.25, -0.2) is 4.79 Å². The van der Waals surface area contributed by atoms with Crippen molar-refractivity contribution >= 4 is 29.3 Å². The lowest BCUT2D eigenvalue weighted by Crippen LogP contribution is -2.34. The molecule has 0 saturated carbocycles. The van der Waals surface area contributed by atoms with E-state index >= 15 is 0 Å². The van der Waals surface area contributed by atoms with Gasteiger partial charge in [-0.2, -0.15) is 0 Å². The van der Waals surface area contributed by atoms with Crippen LogP contribution in [0.15, 0.2) is 36.4 Å². The molecule has 0 atom stereocenters. The van der Waals surface area contributed by atoms with Crippen molar-refractivity contribution in [2.75, 3.05) is 17.2 Å². The van der Waals surface area contributed by atoms with Gasteiger partial charge >= 0.3 is 6.03 Å². The van der Waals surface area contributed by atoms with Crippen LogP contribution in [0.3, 0.4) is 0 Å². The Morgan fingerprint density at radius 3 is 2.35 bits per heavy atom. The molecule has 7 heteroatoms. The number of halogens is 1. The molecule has 0 aliphatic carbocycles. The smallest absolute Gasteiger partial charge is 0.320 e. The third kappa shape index (κ3) is 6.12. The van der Waals surface area contributed by atoms with E-state index in [2.05, 4.69) is 26.1 Å². The first kappa shape index (κ1) is 17.0. The van der Waals surface area contributed by atoms with E-state index in [1.165, 1.54) is 5.56 Å². The normalized spacial score (nSPS) is 10.4. The fourth-order valence-electron chi connectivity index (χ4n) is 1.89. The summed E-state index contributed by atoms with van der Waals surface area (Å²) in [6.45, 7) is 4.51. The van der Waals surface area contributed by atoms with Crippen LogP contribution in [-0.2, 0) is 6.42 Å². The minimum atomic E-state index is -0.294. The Morgan fingerprint density at radius 1 is 1.09 bits per heavy atom. The van der Waals surface area contributed by atoms with Crippen LogP contribution in [0.1, 0.15) is 19.4 Å². The Labute approximate surface area is 140 Å². The van der Waals surface area contributed by atoms with Gasteiger partial charge in [0.1, 0.15) is 5.82 Å². The third-order valence-electron chi connectivity index (χ3n) is 2.96. The van der Waals surface area contributed by atoms with Crippen LogP contribution < -0.4 is 16.0 Å². The van der Waals surface area contributed by atoms with Crippen LogP contribution in [0.4, 0.5) is 16.4 Å². The molecule has 0 fully saturated rings. The van der Waals surface area contributed by atoms with Crippen LogP contribution in [0.25, 0.3) is 0 Å². The molecular formula is C16H20ClN5O. The predicted molar refractivity (Wildman–Crippen MR) is 93.0 cm³/mol. The molecule has 2 aromatic rings. The molecular weight excluding hydrogens is 314 g/mol. The number of carbonyl (C=O) groups excluding carboxylic acids is 1. The molecule has 0 radical (unpaired) electrons. The van der Waals surface area contributed by atoms with Crippen LogP contribution in [0, 0.1) is 0 Å². The minimum absolute atomic E-state index is 0.0665. The quantitative estimate of drug-likeness (QED) is 0.757. The Kier molecular flexibility index (Phi) is 6.17. The molecule has 1 heterocycles. The molecule has 0 saturated heterocycles. The first-order valence-corrected chi connectivity index (χ1v) is 7.80. The standard InChI is InChI=1S/C16H20ClN5O/c1-11(2)19-16(23)20-15-8-7-14(21-22-15)18-10-9-12-3-5-13(17)6-4-12/h3-8,11H,9-10H2,1-2H3,(H,18,21)(H2,19,20,22,23). The second-order valence-corrected chi connectivity index (χ2v) is 5.80. The van der Waals surface area contributed by atoms with Crippen LogP contribution in [0.5, 0.6) is 0 Å². The summed E-state index contributed by atoms with van der Waals surface area (Å²) < 4.78 is 0. The number of nitrogens with one attached hydrogen (secondary N) is 3. The number of aromatic nitrogens is 2. The summed E-state index contributed by atoms with van der Waals surface area (Å²) in [5.41, 5.74) is 1.19. The van der Waals surface area contributed by atoms with E-state index in [-0.39, 0.29) is 12.1 Å². The number of nitrogens with zero attached hydrogens (tertiary/aromatic N) is 2. The number of rotatable bonds is 6. The highest BCUT2D eigenvalue weighted by Gasteiger charge is 2.04. The maximum absolute atomic E-state index is 11.5. The van der Waals surface area contributed by atoms with Gasteiger partial charge in [0.2, 0.25) is 0 Å². The van der Waals surface area contributed by atoms with Crippen LogP contribution >= 0.6 is 11.6 Å². The maximum Gasteiger partial charge on any atom is 0.320 e. The maximum atomic E-state index is 11.5. The van der Waals surface area contributed by atoms with Gasteiger partial charge in [0.05, 0.1) is 0 Å². The second kappa shape index (κ2) is 8.33. The lowest BCUT2D eigenvalue weighted by molar-refractivity contribution is 0.250.